The van der Waals surface area contributed by atoms with Crippen molar-refractivity contribution in [2.24, 2.45) is 0 Å². The summed E-state index contributed by atoms with van der Waals surface area (Å²) >= 11 is 0. The fraction of sp³-hybridized carbons (Fsp3) is 0.750. The van der Waals surface area contributed by atoms with Gasteiger partial charge in [0.05, 0.1) is 0 Å². The molecule has 0 radical (unpaired) electrons. The molecule has 0 rings (SSSR count). The first-order valence-corrected chi connectivity index (χ1v) is 3.41. The zero-order chi connectivity index (χ0) is 6.83. The third kappa shape index (κ3) is 55.5. The summed E-state index contributed by atoms with van der Waals surface area (Å²) in [6.45, 7) is 11.4. The summed E-state index contributed by atoms with van der Waals surface area (Å²) in [6, 6.07) is 0. The molecule has 0 saturated heterocycles. The van der Waals surface area contributed by atoms with Gasteiger partial charge in [-0.3, -0.25) is 0 Å². The Morgan fingerprint density at radius 2 is 1.00 bits per heavy atom. The van der Waals surface area contributed by atoms with Gasteiger partial charge in [-0.25, -0.2) is 0 Å². The quantitative estimate of drug-likeness (QED) is 0.363. The summed E-state index contributed by atoms with van der Waals surface area (Å²) < 4.78 is 0. The topological polar surface area (TPSA) is 0 Å². The van der Waals surface area contributed by atoms with E-state index in [-0.39, 0.29) is 18.9 Å². The van der Waals surface area contributed by atoms with Crippen molar-refractivity contribution < 1.29 is 18.9 Å². The molecule has 1 heteroatoms. The van der Waals surface area contributed by atoms with E-state index in [0.29, 0.717) is 0 Å². The number of unbranched alkanes of at least 4 members (excludes halogenated alkanes) is 2. The van der Waals surface area contributed by atoms with E-state index in [1.54, 1.807) is 0 Å². The molecule has 0 N–H and O–H groups in total. The molecule has 0 aliphatic rings. The Hall–Kier alpha value is 0.597. The molecule has 0 aromatic heterocycles. The fourth-order valence-electron chi connectivity index (χ4n) is 0. The molecular weight excluding hydrogens is 103 g/mol. The van der Waals surface area contributed by atoms with Gasteiger partial charge in [-0.05, 0) is 0 Å². The average Bonchev–Trinajstić information content (AvgIpc) is 1.88. The minimum Gasteiger partial charge on any atom is -0.343 e. The molecule has 0 nitrogen and oxygen atoms in total. The second-order valence-electron chi connectivity index (χ2n) is 1.71. The molecule has 0 spiro atoms. The van der Waals surface area contributed by atoms with Gasteiger partial charge in [-0.2, -0.15) is 12.8 Å². The fourth-order valence-corrected chi connectivity index (χ4v) is 0. The summed E-state index contributed by atoms with van der Waals surface area (Å²) in [5.41, 5.74) is 0. The van der Waals surface area contributed by atoms with Gasteiger partial charge in [0.15, 0.2) is 0 Å². The Morgan fingerprint density at radius 3 is 1.00 bits per heavy atom. The summed E-state index contributed by atoms with van der Waals surface area (Å²) in [7, 11) is 0. The first-order chi connectivity index (χ1) is 3.83. The molecule has 9 heavy (non-hydrogen) atoms. The molecule has 0 amide bonds. The maximum absolute atomic E-state index is 3.60. The number of hydrogen-bond donors (Lipinski definition) is 0. The second kappa shape index (κ2) is 23.5. The SMILES string of the molecule is [CH2-]CCC.[CH2-]CCC.[Li+]. The van der Waals surface area contributed by atoms with Crippen LogP contribution < -0.4 is 18.9 Å². The van der Waals surface area contributed by atoms with Crippen molar-refractivity contribution in [2.75, 3.05) is 0 Å². The van der Waals surface area contributed by atoms with Crippen molar-refractivity contribution in [3.63, 3.8) is 0 Å². The predicted octanol–water partition coefficient (Wildman–Crippen LogP) is 0.245. The van der Waals surface area contributed by atoms with Crippen LogP contribution in [0.25, 0.3) is 0 Å². The minimum absolute atomic E-state index is 0. The molecule has 0 aromatic rings. The van der Waals surface area contributed by atoms with E-state index in [0.717, 1.165) is 12.8 Å². The number of rotatable bonds is 2. The zero-order valence-electron chi connectivity index (χ0n) is 7.24. The van der Waals surface area contributed by atoms with Gasteiger partial charge in [0.1, 0.15) is 0 Å². The van der Waals surface area contributed by atoms with E-state index in [1.807, 2.05) is 0 Å². The van der Waals surface area contributed by atoms with Crippen molar-refractivity contribution in [3.05, 3.63) is 13.8 Å². The van der Waals surface area contributed by atoms with Crippen molar-refractivity contribution in [2.45, 2.75) is 39.5 Å². The van der Waals surface area contributed by atoms with E-state index in [4.69, 9.17) is 0 Å². The van der Waals surface area contributed by atoms with E-state index in [1.165, 1.54) is 12.8 Å². The molecule has 0 aliphatic carbocycles. The first-order valence-electron chi connectivity index (χ1n) is 3.41. The van der Waals surface area contributed by atoms with E-state index >= 15 is 0 Å². The van der Waals surface area contributed by atoms with Gasteiger partial charge in [-0.15, -0.1) is 0 Å². The molecule has 0 bridgehead atoms. The molecule has 0 saturated carbocycles. The normalized spacial score (nSPS) is 6.67. The maximum atomic E-state index is 3.60. The predicted molar refractivity (Wildman–Crippen MR) is 40.5 cm³/mol. The van der Waals surface area contributed by atoms with Crippen molar-refractivity contribution >= 4 is 0 Å². The molecule has 0 fully saturated rings. The Labute approximate surface area is 72.6 Å². The first kappa shape index (κ1) is 16.3. The van der Waals surface area contributed by atoms with E-state index < -0.39 is 0 Å². The molecule has 52 valence electrons. The molecular formula is C8H18Li-. The van der Waals surface area contributed by atoms with Gasteiger partial charge in [0.2, 0.25) is 0 Å². The Kier molecular flexibility index (Phi) is 42.5. The molecule has 0 atom stereocenters. The van der Waals surface area contributed by atoms with Crippen molar-refractivity contribution in [1.29, 1.82) is 0 Å². The van der Waals surface area contributed by atoms with Crippen molar-refractivity contribution in [1.82, 2.24) is 0 Å². The van der Waals surface area contributed by atoms with Crippen LogP contribution in [0, 0.1) is 13.8 Å². The Morgan fingerprint density at radius 1 is 0.889 bits per heavy atom. The summed E-state index contributed by atoms with van der Waals surface area (Å²) in [5.74, 6) is 0. The van der Waals surface area contributed by atoms with Gasteiger partial charge in [0, 0.05) is 0 Å². The van der Waals surface area contributed by atoms with E-state index in [9.17, 15) is 0 Å². The van der Waals surface area contributed by atoms with Crippen LogP contribution in [0.5, 0.6) is 0 Å². The van der Waals surface area contributed by atoms with Crippen LogP contribution in [0.15, 0.2) is 0 Å². The molecule has 0 aliphatic heterocycles. The van der Waals surface area contributed by atoms with Crippen molar-refractivity contribution in [3.8, 4) is 0 Å². The van der Waals surface area contributed by atoms with E-state index in [2.05, 4.69) is 27.7 Å². The van der Waals surface area contributed by atoms with Crippen LogP contribution in [0.1, 0.15) is 39.5 Å². The monoisotopic (exact) mass is 121 g/mol. The third-order valence-corrected chi connectivity index (χ3v) is 0.707. The van der Waals surface area contributed by atoms with Crippen LogP contribution in [0.3, 0.4) is 0 Å². The van der Waals surface area contributed by atoms with Crippen LogP contribution in [0.4, 0.5) is 0 Å². The maximum Gasteiger partial charge on any atom is 1.00 e. The zero-order valence-corrected chi connectivity index (χ0v) is 7.24. The molecule has 0 unspecified atom stereocenters. The Bertz CT molecular complexity index is 12.5. The summed E-state index contributed by atoms with van der Waals surface area (Å²) in [6.07, 6.45) is 4.56. The summed E-state index contributed by atoms with van der Waals surface area (Å²) in [4.78, 5) is 0. The van der Waals surface area contributed by atoms with Gasteiger partial charge < -0.3 is 13.8 Å². The number of hydrogen-bond acceptors (Lipinski definition) is 0. The van der Waals surface area contributed by atoms with Crippen LogP contribution in [-0.2, 0) is 0 Å². The standard InChI is InChI=1S/2C4H9.Li/c2*1-3-4-2;/h2*1,3-4H2,2H3;/q2*-1;+1. The molecule has 0 heterocycles. The third-order valence-electron chi connectivity index (χ3n) is 0.707. The second-order valence-corrected chi connectivity index (χ2v) is 1.71. The van der Waals surface area contributed by atoms with Gasteiger partial charge in [-0.1, -0.05) is 26.7 Å². The van der Waals surface area contributed by atoms with Gasteiger partial charge >= 0.3 is 18.9 Å². The largest absolute Gasteiger partial charge is 1.00 e. The minimum atomic E-state index is 0. The summed E-state index contributed by atoms with van der Waals surface area (Å²) in [5, 5.41) is 0. The van der Waals surface area contributed by atoms with Crippen LogP contribution in [0.2, 0.25) is 0 Å². The van der Waals surface area contributed by atoms with Crippen LogP contribution in [-0.4, -0.2) is 0 Å². The van der Waals surface area contributed by atoms with Crippen LogP contribution >= 0.6 is 0 Å². The molecule has 0 aromatic carbocycles. The Balaban J connectivity index is -0.0000000720. The van der Waals surface area contributed by atoms with Gasteiger partial charge in [0.25, 0.3) is 0 Å². The smallest absolute Gasteiger partial charge is 0.343 e. The average molecular weight is 121 g/mol.